The zero-order valence-electron chi connectivity index (χ0n) is 16.6. The number of ether oxygens (including phenoxy) is 1. The molecule has 1 heterocycles. The highest BCUT2D eigenvalue weighted by molar-refractivity contribution is 6.53. The molecule has 3 rings (SSSR count). The van der Waals surface area contributed by atoms with Crippen molar-refractivity contribution in [1.29, 1.82) is 0 Å². The van der Waals surface area contributed by atoms with Crippen LogP contribution in [0, 0.1) is 0 Å². The van der Waals surface area contributed by atoms with Crippen molar-refractivity contribution >= 4 is 35.0 Å². The zero-order valence-corrected chi connectivity index (χ0v) is 18.2. The van der Waals surface area contributed by atoms with Crippen LogP contribution >= 0.6 is 23.2 Å². The SMILES string of the molecule is O=C(N[C@H](CF)[C@H](O)c1ccc(-c2ccc(C(=O)N3CCOCC3)cc2)cc1)C(Cl)Cl. The Labute approximate surface area is 189 Å². The number of hydrogen-bond donors (Lipinski definition) is 2. The molecule has 0 spiro atoms. The normalized spacial score (nSPS) is 16.1. The third kappa shape index (κ3) is 5.95. The predicted molar refractivity (Wildman–Crippen MR) is 117 cm³/mol. The number of rotatable bonds is 7. The highest BCUT2D eigenvalue weighted by atomic mass is 35.5. The van der Waals surface area contributed by atoms with Gasteiger partial charge in [0.25, 0.3) is 11.8 Å². The third-order valence-electron chi connectivity index (χ3n) is 5.09. The number of amides is 2. The summed E-state index contributed by atoms with van der Waals surface area (Å²) in [4.78, 5) is 24.5. The average Bonchev–Trinajstić information content (AvgIpc) is 2.82. The van der Waals surface area contributed by atoms with Gasteiger partial charge in [0, 0.05) is 18.7 Å². The van der Waals surface area contributed by atoms with E-state index >= 15 is 0 Å². The van der Waals surface area contributed by atoms with E-state index in [0.717, 1.165) is 11.1 Å². The fraction of sp³-hybridized carbons (Fsp3) is 0.364. The van der Waals surface area contributed by atoms with Gasteiger partial charge in [0.1, 0.15) is 12.8 Å². The second kappa shape index (κ2) is 10.9. The van der Waals surface area contributed by atoms with E-state index in [1.54, 1.807) is 41.3 Å². The van der Waals surface area contributed by atoms with Gasteiger partial charge in [-0.05, 0) is 28.8 Å². The van der Waals surface area contributed by atoms with Gasteiger partial charge in [-0.3, -0.25) is 9.59 Å². The minimum absolute atomic E-state index is 0.0243. The van der Waals surface area contributed by atoms with Gasteiger partial charge >= 0.3 is 0 Å². The van der Waals surface area contributed by atoms with Gasteiger partial charge in [0.05, 0.1) is 19.3 Å². The Bertz CT molecular complexity index is 887. The molecule has 1 saturated heterocycles. The van der Waals surface area contributed by atoms with Crippen molar-refractivity contribution in [3.8, 4) is 11.1 Å². The monoisotopic (exact) mass is 468 g/mol. The number of halogens is 3. The highest BCUT2D eigenvalue weighted by Gasteiger charge is 2.25. The van der Waals surface area contributed by atoms with Crippen molar-refractivity contribution in [2.45, 2.75) is 17.0 Å². The van der Waals surface area contributed by atoms with Crippen LogP contribution in [0.3, 0.4) is 0 Å². The average molecular weight is 469 g/mol. The van der Waals surface area contributed by atoms with Gasteiger partial charge in [-0.2, -0.15) is 0 Å². The number of aliphatic hydroxyl groups is 1. The number of benzene rings is 2. The molecule has 1 fully saturated rings. The lowest BCUT2D eigenvalue weighted by molar-refractivity contribution is -0.121. The lowest BCUT2D eigenvalue weighted by Gasteiger charge is -2.26. The lowest BCUT2D eigenvalue weighted by atomic mass is 9.98. The van der Waals surface area contributed by atoms with Crippen LogP contribution in [0.1, 0.15) is 22.0 Å². The lowest BCUT2D eigenvalue weighted by Crippen LogP contribution is -2.43. The first kappa shape index (κ1) is 23.5. The molecule has 0 aliphatic carbocycles. The molecule has 2 N–H and O–H groups in total. The van der Waals surface area contributed by atoms with Crippen LogP contribution < -0.4 is 5.32 Å². The Balaban J connectivity index is 1.67. The molecule has 2 amide bonds. The zero-order chi connectivity index (χ0) is 22.4. The van der Waals surface area contributed by atoms with Gasteiger partial charge in [-0.25, -0.2) is 4.39 Å². The summed E-state index contributed by atoms with van der Waals surface area (Å²) in [5.74, 6) is -0.794. The molecule has 0 saturated carbocycles. The van der Waals surface area contributed by atoms with Crippen LogP contribution in [-0.2, 0) is 9.53 Å². The molecular formula is C22H23Cl2FN2O4. The maximum atomic E-state index is 13.3. The van der Waals surface area contributed by atoms with Crippen LogP contribution in [0.2, 0.25) is 0 Å². The van der Waals surface area contributed by atoms with Crippen molar-refractivity contribution in [2.75, 3.05) is 33.0 Å². The molecule has 1 aliphatic heterocycles. The van der Waals surface area contributed by atoms with Gasteiger partial charge in [-0.1, -0.05) is 59.6 Å². The Hall–Kier alpha value is -2.19. The molecule has 0 unspecified atom stereocenters. The van der Waals surface area contributed by atoms with E-state index in [0.29, 0.717) is 37.4 Å². The quantitative estimate of drug-likeness (QED) is 0.611. The van der Waals surface area contributed by atoms with Crippen molar-refractivity contribution in [3.05, 3.63) is 59.7 Å². The highest BCUT2D eigenvalue weighted by Crippen LogP contribution is 2.25. The molecule has 166 valence electrons. The minimum atomic E-state index is -1.35. The van der Waals surface area contributed by atoms with E-state index in [9.17, 15) is 19.1 Å². The fourth-order valence-corrected chi connectivity index (χ4v) is 3.43. The van der Waals surface area contributed by atoms with E-state index < -0.39 is 29.6 Å². The van der Waals surface area contributed by atoms with Gasteiger partial charge in [0.2, 0.25) is 0 Å². The summed E-state index contributed by atoms with van der Waals surface area (Å²) in [6.45, 7) is 1.29. The molecule has 6 nitrogen and oxygen atoms in total. The summed E-state index contributed by atoms with van der Waals surface area (Å²) < 4.78 is 18.6. The largest absolute Gasteiger partial charge is 0.386 e. The number of hydrogen-bond acceptors (Lipinski definition) is 4. The van der Waals surface area contributed by atoms with Crippen molar-refractivity contribution in [1.82, 2.24) is 10.2 Å². The summed E-state index contributed by atoms with van der Waals surface area (Å²) in [6, 6.07) is 13.0. The Morgan fingerprint density at radius 3 is 2.10 bits per heavy atom. The first-order valence-electron chi connectivity index (χ1n) is 9.80. The molecule has 2 atom stereocenters. The molecular weight excluding hydrogens is 446 g/mol. The van der Waals surface area contributed by atoms with Crippen LogP contribution in [0.25, 0.3) is 11.1 Å². The van der Waals surface area contributed by atoms with Gasteiger partial charge in [0.15, 0.2) is 4.84 Å². The van der Waals surface area contributed by atoms with E-state index in [1.807, 2.05) is 12.1 Å². The maximum Gasteiger partial charge on any atom is 0.254 e. The van der Waals surface area contributed by atoms with Crippen molar-refractivity contribution < 1.29 is 23.8 Å². The Morgan fingerprint density at radius 2 is 1.58 bits per heavy atom. The first-order valence-corrected chi connectivity index (χ1v) is 10.7. The maximum absolute atomic E-state index is 13.3. The second-order valence-corrected chi connectivity index (χ2v) is 8.22. The summed E-state index contributed by atoms with van der Waals surface area (Å²) >= 11 is 10.9. The molecule has 0 aromatic heterocycles. The smallest absolute Gasteiger partial charge is 0.254 e. The van der Waals surface area contributed by atoms with E-state index in [-0.39, 0.29) is 5.91 Å². The first-order chi connectivity index (χ1) is 14.9. The molecule has 2 aromatic carbocycles. The molecule has 2 aromatic rings. The predicted octanol–water partition coefficient (Wildman–Crippen LogP) is 3.12. The Morgan fingerprint density at radius 1 is 1.03 bits per heavy atom. The number of carbonyl (C=O) groups is 2. The summed E-state index contributed by atoms with van der Waals surface area (Å²) in [7, 11) is 0. The van der Waals surface area contributed by atoms with Crippen LogP contribution in [0.5, 0.6) is 0 Å². The Kier molecular flexibility index (Phi) is 8.26. The van der Waals surface area contributed by atoms with Crippen LogP contribution in [0.15, 0.2) is 48.5 Å². The number of nitrogens with zero attached hydrogens (tertiary/aromatic N) is 1. The standard InChI is InChI=1S/C22H23Cl2FN2O4/c23-20(24)21(29)26-18(13-25)19(28)16-5-1-14(2-6-16)15-3-7-17(8-4-15)22(30)27-9-11-31-12-10-27/h1-8,18-20,28H,9-13H2,(H,26,29)/t18-,19-/m1/s1. The molecule has 0 radical (unpaired) electrons. The van der Waals surface area contributed by atoms with E-state index in [4.69, 9.17) is 27.9 Å². The molecule has 9 heteroatoms. The third-order valence-corrected chi connectivity index (χ3v) is 5.49. The second-order valence-electron chi connectivity index (χ2n) is 7.12. The van der Waals surface area contributed by atoms with Crippen LogP contribution in [-0.4, -0.2) is 65.7 Å². The number of nitrogens with one attached hydrogen (secondary N) is 1. The molecule has 0 bridgehead atoms. The minimum Gasteiger partial charge on any atom is -0.386 e. The number of carbonyl (C=O) groups excluding carboxylic acids is 2. The fourth-order valence-electron chi connectivity index (χ4n) is 3.31. The topological polar surface area (TPSA) is 78.9 Å². The van der Waals surface area contributed by atoms with E-state index in [2.05, 4.69) is 5.32 Å². The molecule has 1 aliphatic rings. The van der Waals surface area contributed by atoms with Crippen molar-refractivity contribution in [2.24, 2.45) is 0 Å². The van der Waals surface area contributed by atoms with E-state index in [1.165, 1.54) is 0 Å². The number of alkyl halides is 3. The van der Waals surface area contributed by atoms with Crippen LogP contribution in [0.4, 0.5) is 4.39 Å². The van der Waals surface area contributed by atoms with Gasteiger partial charge in [-0.15, -0.1) is 0 Å². The number of aliphatic hydroxyl groups excluding tert-OH is 1. The van der Waals surface area contributed by atoms with Crippen molar-refractivity contribution in [3.63, 3.8) is 0 Å². The molecule has 31 heavy (non-hydrogen) atoms. The summed E-state index contributed by atoms with van der Waals surface area (Å²) in [6.07, 6.45) is -1.26. The number of morpholine rings is 1. The van der Waals surface area contributed by atoms with Gasteiger partial charge < -0.3 is 20.1 Å². The summed E-state index contributed by atoms with van der Waals surface area (Å²) in [5, 5.41) is 12.7. The summed E-state index contributed by atoms with van der Waals surface area (Å²) in [5.41, 5.74) is 2.80.